The topological polar surface area (TPSA) is 98.6 Å². The Labute approximate surface area is 104 Å². The molecule has 18 heavy (non-hydrogen) atoms. The molecule has 0 saturated heterocycles. The standard InChI is InChI=1S/C11H13N5O2/c1-2-16-7-8(6-14-16)18-9-4-3-5-13-10(9)11(12)15-17/h3-7,17H,2H2,1H3,(H2,12,15). The zero-order valence-corrected chi connectivity index (χ0v) is 9.82. The molecule has 0 fully saturated rings. The van der Waals surface area contributed by atoms with Crippen LogP contribution in [0.25, 0.3) is 0 Å². The van der Waals surface area contributed by atoms with Crippen LogP contribution in [0.15, 0.2) is 35.9 Å². The Morgan fingerprint density at radius 1 is 1.61 bits per heavy atom. The number of hydrogen-bond acceptors (Lipinski definition) is 5. The zero-order valence-electron chi connectivity index (χ0n) is 9.82. The summed E-state index contributed by atoms with van der Waals surface area (Å²) in [6.07, 6.45) is 4.88. The van der Waals surface area contributed by atoms with Crippen LogP contribution in [0, 0.1) is 0 Å². The van der Waals surface area contributed by atoms with Crippen LogP contribution in [0.3, 0.4) is 0 Å². The Bertz CT molecular complexity index is 564. The van der Waals surface area contributed by atoms with Gasteiger partial charge in [-0.1, -0.05) is 5.16 Å². The van der Waals surface area contributed by atoms with Gasteiger partial charge in [-0.3, -0.25) is 4.68 Å². The van der Waals surface area contributed by atoms with E-state index in [0.717, 1.165) is 6.54 Å². The molecular formula is C11H13N5O2. The van der Waals surface area contributed by atoms with Crippen LogP contribution < -0.4 is 10.5 Å². The number of ether oxygens (including phenoxy) is 1. The molecule has 0 radical (unpaired) electrons. The summed E-state index contributed by atoms with van der Waals surface area (Å²) in [6, 6.07) is 3.39. The van der Waals surface area contributed by atoms with Crippen LogP contribution >= 0.6 is 0 Å². The molecule has 0 aliphatic rings. The second-order valence-corrected chi connectivity index (χ2v) is 3.47. The third-order valence-corrected chi connectivity index (χ3v) is 2.28. The molecule has 0 unspecified atom stereocenters. The monoisotopic (exact) mass is 247 g/mol. The van der Waals surface area contributed by atoms with E-state index in [9.17, 15) is 0 Å². The van der Waals surface area contributed by atoms with Gasteiger partial charge in [-0.25, -0.2) is 4.98 Å². The van der Waals surface area contributed by atoms with Crippen molar-refractivity contribution in [2.45, 2.75) is 13.5 Å². The minimum Gasteiger partial charge on any atom is -0.452 e. The molecule has 0 aliphatic heterocycles. The molecule has 0 amide bonds. The van der Waals surface area contributed by atoms with Gasteiger partial charge in [0.2, 0.25) is 0 Å². The highest BCUT2D eigenvalue weighted by molar-refractivity contribution is 5.97. The van der Waals surface area contributed by atoms with E-state index in [-0.39, 0.29) is 11.5 Å². The largest absolute Gasteiger partial charge is 0.452 e. The predicted molar refractivity (Wildman–Crippen MR) is 64.7 cm³/mol. The van der Waals surface area contributed by atoms with Crippen molar-refractivity contribution in [1.29, 1.82) is 0 Å². The van der Waals surface area contributed by atoms with Crippen LogP contribution in [0.1, 0.15) is 12.6 Å². The fraction of sp³-hybridized carbons (Fsp3) is 0.182. The van der Waals surface area contributed by atoms with E-state index in [0.29, 0.717) is 11.5 Å². The number of amidine groups is 1. The average Bonchev–Trinajstić information content (AvgIpc) is 2.86. The lowest BCUT2D eigenvalue weighted by molar-refractivity contribution is 0.318. The van der Waals surface area contributed by atoms with Crippen molar-refractivity contribution in [3.63, 3.8) is 0 Å². The van der Waals surface area contributed by atoms with Gasteiger partial charge < -0.3 is 15.7 Å². The minimum absolute atomic E-state index is 0.103. The number of rotatable bonds is 4. The lowest BCUT2D eigenvalue weighted by atomic mass is 10.3. The van der Waals surface area contributed by atoms with E-state index in [2.05, 4.69) is 15.2 Å². The summed E-state index contributed by atoms with van der Waals surface area (Å²) in [5.74, 6) is 0.869. The molecule has 0 spiro atoms. The first-order valence-corrected chi connectivity index (χ1v) is 5.37. The number of aromatic nitrogens is 3. The second kappa shape index (κ2) is 5.17. The maximum Gasteiger partial charge on any atom is 0.192 e. The van der Waals surface area contributed by atoms with Crippen molar-refractivity contribution in [3.05, 3.63) is 36.4 Å². The van der Waals surface area contributed by atoms with Crippen molar-refractivity contribution >= 4 is 5.84 Å². The molecule has 2 aromatic heterocycles. The third kappa shape index (κ3) is 2.40. The van der Waals surface area contributed by atoms with Crippen LogP contribution in [-0.2, 0) is 6.54 Å². The first-order valence-electron chi connectivity index (χ1n) is 5.37. The highest BCUT2D eigenvalue weighted by Gasteiger charge is 2.11. The maximum absolute atomic E-state index is 8.67. The van der Waals surface area contributed by atoms with Gasteiger partial charge in [0.15, 0.2) is 23.0 Å². The van der Waals surface area contributed by atoms with Crippen LogP contribution in [0.2, 0.25) is 0 Å². The number of oxime groups is 1. The molecule has 0 aromatic carbocycles. The van der Waals surface area contributed by atoms with E-state index in [1.807, 2.05) is 6.92 Å². The molecule has 7 heteroatoms. The number of aryl methyl sites for hydroxylation is 1. The average molecular weight is 247 g/mol. The molecule has 2 heterocycles. The van der Waals surface area contributed by atoms with E-state index in [1.165, 1.54) is 6.20 Å². The van der Waals surface area contributed by atoms with Gasteiger partial charge in [-0.15, -0.1) is 0 Å². The molecule has 0 aliphatic carbocycles. The zero-order chi connectivity index (χ0) is 13.0. The molecule has 7 nitrogen and oxygen atoms in total. The van der Waals surface area contributed by atoms with Gasteiger partial charge in [-0.2, -0.15) is 5.10 Å². The second-order valence-electron chi connectivity index (χ2n) is 3.47. The highest BCUT2D eigenvalue weighted by atomic mass is 16.5. The van der Waals surface area contributed by atoms with Crippen molar-refractivity contribution in [3.8, 4) is 11.5 Å². The summed E-state index contributed by atoms with van der Waals surface area (Å²) in [5.41, 5.74) is 5.80. The molecule has 94 valence electrons. The fourth-order valence-electron chi connectivity index (χ4n) is 1.41. The van der Waals surface area contributed by atoms with Crippen molar-refractivity contribution < 1.29 is 9.94 Å². The lowest BCUT2D eigenvalue weighted by Gasteiger charge is -2.06. The quantitative estimate of drug-likeness (QED) is 0.366. The Morgan fingerprint density at radius 2 is 2.44 bits per heavy atom. The first kappa shape index (κ1) is 11.9. The lowest BCUT2D eigenvalue weighted by Crippen LogP contribution is -2.15. The first-order chi connectivity index (χ1) is 8.74. The van der Waals surface area contributed by atoms with Crippen LogP contribution in [0.4, 0.5) is 0 Å². The molecule has 2 rings (SSSR count). The Balaban J connectivity index is 2.28. The summed E-state index contributed by atoms with van der Waals surface area (Å²) < 4.78 is 7.33. The molecular weight excluding hydrogens is 234 g/mol. The number of nitrogens with zero attached hydrogens (tertiary/aromatic N) is 4. The Hall–Kier alpha value is -2.57. The van der Waals surface area contributed by atoms with Gasteiger partial charge in [0.1, 0.15) is 0 Å². The van der Waals surface area contributed by atoms with E-state index in [1.54, 1.807) is 29.2 Å². The van der Waals surface area contributed by atoms with Crippen LogP contribution in [0.5, 0.6) is 11.5 Å². The molecule has 0 bridgehead atoms. The summed E-state index contributed by atoms with van der Waals surface area (Å²) in [5, 5.41) is 15.7. The van der Waals surface area contributed by atoms with Gasteiger partial charge in [0.05, 0.1) is 12.4 Å². The van der Waals surface area contributed by atoms with Gasteiger partial charge in [0, 0.05) is 12.7 Å². The molecule has 0 saturated carbocycles. The van der Waals surface area contributed by atoms with Crippen LogP contribution in [-0.4, -0.2) is 25.8 Å². The minimum atomic E-state index is -0.103. The van der Waals surface area contributed by atoms with Gasteiger partial charge in [-0.05, 0) is 19.1 Å². The van der Waals surface area contributed by atoms with E-state index in [4.69, 9.17) is 15.7 Å². The van der Waals surface area contributed by atoms with E-state index >= 15 is 0 Å². The number of nitrogens with two attached hydrogens (primary N) is 1. The Morgan fingerprint density at radius 3 is 3.11 bits per heavy atom. The van der Waals surface area contributed by atoms with Gasteiger partial charge >= 0.3 is 0 Å². The number of hydrogen-bond donors (Lipinski definition) is 2. The fourth-order valence-corrected chi connectivity index (χ4v) is 1.41. The van der Waals surface area contributed by atoms with Crippen molar-refractivity contribution in [2.24, 2.45) is 10.9 Å². The predicted octanol–water partition coefficient (Wildman–Crippen LogP) is 1.18. The molecule has 0 atom stereocenters. The Kier molecular flexibility index (Phi) is 3.42. The van der Waals surface area contributed by atoms with Crippen molar-refractivity contribution in [1.82, 2.24) is 14.8 Å². The third-order valence-electron chi connectivity index (χ3n) is 2.28. The highest BCUT2D eigenvalue weighted by Crippen LogP contribution is 2.23. The van der Waals surface area contributed by atoms with Crippen molar-refractivity contribution in [2.75, 3.05) is 0 Å². The summed E-state index contributed by atoms with van der Waals surface area (Å²) >= 11 is 0. The number of pyridine rings is 1. The SMILES string of the molecule is CCn1cc(Oc2cccnc2/C(N)=N/O)cn1. The van der Waals surface area contributed by atoms with Gasteiger partial charge in [0.25, 0.3) is 0 Å². The smallest absolute Gasteiger partial charge is 0.192 e. The van der Waals surface area contributed by atoms with E-state index < -0.39 is 0 Å². The summed E-state index contributed by atoms with van der Waals surface area (Å²) in [6.45, 7) is 2.73. The summed E-state index contributed by atoms with van der Waals surface area (Å²) in [7, 11) is 0. The normalized spacial score (nSPS) is 11.5. The summed E-state index contributed by atoms with van der Waals surface area (Å²) in [4.78, 5) is 4.00. The molecule has 3 N–H and O–H groups in total. The molecule has 2 aromatic rings. The maximum atomic E-state index is 8.67.